The molecule has 0 radical (unpaired) electrons. The van der Waals surface area contributed by atoms with Crippen LogP contribution in [0.5, 0.6) is 0 Å². The standard InChI is InChI=1S/C11H16O3/c12-9-8-2-6-1-7(3-8)5-11(9,4-6)10(13)14/h6-9,12H,1-5H2,(H,13,14). The highest BCUT2D eigenvalue weighted by Gasteiger charge is 2.60. The molecule has 14 heavy (non-hydrogen) atoms. The van der Waals surface area contributed by atoms with Crippen molar-refractivity contribution in [1.29, 1.82) is 0 Å². The normalized spacial score (nSPS) is 54.9. The smallest absolute Gasteiger partial charge is 0.312 e. The fourth-order valence-electron chi connectivity index (χ4n) is 4.31. The summed E-state index contributed by atoms with van der Waals surface area (Å²) in [6.45, 7) is 0. The molecule has 0 aromatic rings. The van der Waals surface area contributed by atoms with Gasteiger partial charge in [0.2, 0.25) is 0 Å². The van der Waals surface area contributed by atoms with Gasteiger partial charge in [-0.2, -0.15) is 0 Å². The summed E-state index contributed by atoms with van der Waals surface area (Å²) >= 11 is 0. The van der Waals surface area contributed by atoms with E-state index >= 15 is 0 Å². The first-order valence-corrected chi connectivity index (χ1v) is 5.53. The van der Waals surface area contributed by atoms with Gasteiger partial charge in [0.25, 0.3) is 0 Å². The lowest BCUT2D eigenvalue weighted by Gasteiger charge is -2.57. The van der Waals surface area contributed by atoms with E-state index in [-0.39, 0.29) is 5.92 Å². The van der Waals surface area contributed by atoms with Crippen LogP contribution in [0.25, 0.3) is 0 Å². The molecule has 4 rings (SSSR count). The lowest BCUT2D eigenvalue weighted by molar-refractivity contribution is -0.191. The Labute approximate surface area is 83.1 Å². The van der Waals surface area contributed by atoms with Crippen molar-refractivity contribution in [1.82, 2.24) is 0 Å². The zero-order chi connectivity index (χ0) is 9.92. The van der Waals surface area contributed by atoms with Crippen molar-refractivity contribution in [3.05, 3.63) is 0 Å². The molecule has 78 valence electrons. The second-order valence-corrected chi connectivity index (χ2v) is 5.51. The van der Waals surface area contributed by atoms with E-state index in [1.54, 1.807) is 0 Å². The molecule has 4 fully saturated rings. The summed E-state index contributed by atoms with van der Waals surface area (Å²) in [4.78, 5) is 11.3. The minimum absolute atomic E-state index is 0.275. The Balaban J connectivity index is 2.01. The Hall–Kier alpha value is -0.570. The van der Waals surface area contributed by atoms with Crippen molar-refractivity contribution in [2.24, 2.45) is 23.2 Å². The molecule has 0 amide bonds. The minimum atomic E-state index is -0.769. The van der Waals surface area contributed by atoms with E-state index in [2.05, 4.69) is 0 Å². The average molecular weight is 196 g/mol. The van der Waals surface area contributed by atoms with Gasteiger partial charge >= 0.3 is 5.97 Å². The van der Waals surface area contributed by atoms with Crippen LogP contribution in [0.1, 0.15) is 32.1 Å². The molecule has 3 nitrogen and oxygen atoms in total. The maximum Gasteiger partial charge on any atom is 0.312 e. The van der Waals surface area contributed by atoms with Crippen LogP contribution in [-0.4, -0.2) is 22.3 Å². The molecule has 0 aromatic carbocycles. The second kappa shape index (κ2) is 2.51. The number of carboxylic acids is 1. The molecule has 3 atom stereocenters. The van der Waals surface area contributed by atoms with E-state index in [4.69, 9.17) is 0 Å². The SMILES string of the molecule is O=C(O)C12CC3CC(CC(C3)C1O)C2. The maximum absolute atomic E-state index is 11.3. The lowest BCUT2D eigenvalue weighted by Crippen LogP contribution is -2.59. The average Bonchev–Trinajstić information content (AvgIpc) is 2.12. The molecule has 4 aliphatic carbocycles. The van der Waals surface area contributed by atoms with E-state index < -0.39 is 17.5 Å². The summed E-state index contributed by atoms with van der Waals surface area (Å²) in [6, 6.07) is 0. The first-order valence-electron chi connectivity index (χ1n) is 5.53. The van der Waals surface area contributed by atoms with E-state index in [1.165, 1.54) is 6.42 Å². The van der Waals surface area contributed by atoms with Crippen molar-refractivity contribution in [2.45, 2.75) is 38.2 Å². The Morgan fingerprint density at radius 1 is 1.14 bits per heavy atom. The summed E-state index contributed by atoms with van der Waals surface area (Å²) in [5.74, 6) is 0.667. The summed E-state index contributed by atoms with van der Waals surface area (Å²) in [7, 11) is 0. The molecule has 2 N–H and O–H groups in total. The number of carboxylic acid groups (broad SMARTS) is 1. The van der Waals surface area contributed by atoms with E-state index in [0.29, 0.717) is 11.8 Å². The molecular weight excluding hydrogens is 180 g/mol. The van der Waals surface area contributed by atoms with Gasteiger partial charge in [0, 0.05) is 0 Å². The number of aliphatic hydroxyl groups is 1. The van der Waals surface area contributed by atoms with Crippen LogP contribution in [-0.2, 0) is 4.79 Å². The number of aliphatic carboxylic acids is 1. The number of rotatable bonds is 1. The predicted molar refractivity (Wildman–Crippen MR) is 49.6 cm³/mol. The van der Waals surface area contributed by atoms with Gasteiger partial charge in [-0.3, -0.25) is 4.79 Å². The molecule has 4 bridgehead atoms. The first-order chi connectivity index (χ1) is 6.62. The Kier molecular flexibility index (Phi) is 1.56. The molecule has 0 aromatic heterocycles. The van der Waals surface area contributed by atoms with Gasteiger partial charge in [0.1, 0.15) is 0 Å². The van der Waals surface area contributed by atoms with Crippen LogP contribution in [0.2, 0.25) is 0 Å². The van der Waals surface area contributed by atoms with Crippen molar-refractivity contribution < 1.29 is 15.0 Å². The van der Waals surface area contributed by atoms with E-state index in [1.807, 2.05) is 0 Å². The molecular formula is C11H16O3. The molecule has 0 spiro atoms. The van der Waals surface area contributed by atoms with Crippen LogP contribution in [0.3, 0.4) is 0 Å². The monoisotopic (exact) mass is 196 g/mol. The third-order valence-electron chi connectivity index (χ3n) is 4.68. The van der Waals surface area contributed by atoms with Gasteiger partial charge in [-0.25, -0.2) is 0 Å². The Morgan fingerprint density at radius 2 is 1.71 bits per heavy atom. The molecule has 4 aliphatic rings. The van der Waals surface area contributed by atoms with E-state index in [9.17, 15) is 15.0 Å². The molecule has 0 aliphatic heterocycles. The molecule has 0 heterocycles. The van der Waals surface area contributed by atoms with Crippen LogP contribution in [0.15, 0.2) is 0 Å². The van der Waals surface area contributed by atoms with Crippen molar-refractivity contribution in [3.8, 4) is 0 Å². The third kappa shape index (κ3) is 0.888. The fourth-order valence-corrected chi connectivity index (χ4v) is 4.31. The zero-order valence-electron chi connectivity index (χ0n) is 8.15. The summed E-state index contributed by atoms with van der Waals surface area (Å²) in [5.41, 5.74) is -0.769. The Bertz CT molecular complexity index is 272. The molecule has 4 saturated carbocycles. The maximum atomic E-state index is 11.3. The van der Waals surface area contributed by atoms with Gasteiger partial charge in [-0.1, -0.05) is 0 Å². The van der Waals surface area contributed by atoms with Gasteiger partial charge < -0.3 is 10.2 Å². The highest BCUT2D eigenvalue weighted by Crippen LogP contribution is 2.60. The highest BCUT2D eigenvalue weighted by molar-refractivity contribution is 5.76. The largest absolute Gasteiger partial charge is 0.481 e. The Morgan fingerprint density at radius 3 is 2.21 bits per heavy atom. The number of hydrogen-bond donors (Lipinski definition) is 2. The third-order valence-corrected chi connectivity index (χ3v) is 4.68. The lowest BCUT2D eigenvalue weighted by atomic mass is 9.48. The molecule has 0 saturated heterocycles. The van der Waals surface area contributed by atoms with Crippen LogP contribution in [0.4, 0.5) is 0 Å². The van der Waals surface area contributed by atoms with Gasteiger partial charge in [-0.15, -0.1) is 0 Å². The van der Waals surface area contributed by atoms with Crippen molar-refractivity contribution >= 4 is 5.97 Å². The summed E-state index contributed by atoms with van der Waals surface area (Å²) < 4.78 is 0. The van der Waals surface area contributed by atoms with Crippen LogP contribution in [0, 0.1) is 23.2 Å². The second-order valence-electron chi connectivity index (χ2n) is 5.51. The number of hydrogen-bond acceptors (Lipinski definition) is 2. The molecule has 3 unspecified atom stereocenters. The number of carbonyl (C=O) groups is 1. The van der Waals surface area contributed by atoms with Gasteiger partial charge in [0.15, 0.2) is 0 Å². The topological polar surface area (TPSA) is 57.5 Å². The number of aliphatic hydroxyl groups excluding tert-OH is 1. The van der Waals surface area contributed by atoms with Crippen molar-refractivity contribution in [2.75, 3.05) is 0 Å². The zero-order valence-corrected chi connectivity index (χ0v) is 8.15. The highest BCUT2D eigenvalue weighted by atomic mass is 16.4. The van der Waals surface area contributed by atoms with E-state index in [0.717, 1.165) is 25.7 Å². The predicted octanol–water partition coefficient (Wildman–Crippen LogP) is 1.26. The van der Waals surface area contributed by atoms with Crippen molar-refractivity contribution in [3.63, 3.8) is 0 Å². The first kappa shape index (κ1) is 8.72. The van der Waals surface area contributed by atoms with Gasteiger partial charge in [-0.05, 0) is 49.9 Å². The molecule has 3 heteroatoms. The summed E-state index contributed by atoms with van der Waals surface area (Å²) in [5, 5.41) is 19.4. The van der Waals surface area contributed by atoms with Crippen LogP contribution >= 0.6 is 0 Å². The summed E-state index contributed by atoms with van der Waals surface area (Å²) in [6.07, 6.45) is 4.19. The quantitative estimate of drug-likeness (QED) is 0.663. The minimum Gasteiger partial charge on any atom is -0.481 e. The van der Waals surface area contributed by atoms with Gasteiger partial charge in [0.05, 0.1) is 11.5 Å². The fraction of sp³-hybridized carbons (Fsp3) is 0.909. The van der Waals surface area contributed by atoms with Crippen LogP contribution < -0.4 is 0 Å².